The van der Waals surface area contributed by atoms with Crippen molar-refractivity contribution in [3.05, 3.63) is 27.6 Å². The molecule has 1 saturated carbocycles. The Labute approximate surface area is 127 Å². The van der Waals surface area contributed by atoms with E-state index in [4.69, 9.17) is 0 Å². The molecule has 0 aliphatic heterocycles. The number of rotatable bonds is 4. The molecule has 1 aliphatic carbocycles. The molecule has 0 radical (unpaired) electrons. The molecule has 2 heterocycles. The summed E-state index contributed by atoms with van der Waals surface area (Å²) in [6, 6.07) is 1.88. The SMILES string of the molecule is CN(Cc1nc2ccsc2c(=O)[nH]1)CC1CCCCC1O. The lowest BCUT2D eigenvalue weighted by molar-refractivity contribution is 0.0497. The van der Waals surface area contributed by atoms with Crippen molar-refractivity contribution in [3.8, 4) is 0 Å². The van der Waals surface area contributed by atoms with Gasteiger partial charge in [0.15, 0.2) is 0 Å². The number of nitrogens with one attached hydrogen (secondary N) is 1. The van der Waals surface area contributed by atoms with Crippen LogP contribution in [0.5, 0.6) is 0 Å². The van der Waals surface area contributed by atoms with Crippen molar-refractivity contribution in [1.29, 1.82) is 0 Å². The van der Waals surface area contributed by atoms with E-state index in [9.17, 15) is 9.90 Å². The van der Waals surface area contributed by atoms with Crippen LogP contribution in [0.25, 0.3) is 10.2 Å². The number of hydrogen-bond acceptors (Lipinski definition) is 5. The normalized spacial score (nSPS) is 23.0. The first kappa shape index (κ1) is 14.7. The molecule has 0 amide bonds. The second kappa shape index (κ2) is 6.25. The molecule has 2 aromatic rings. The zero-order valence-electron chi connectivity index (χ0n) is 12.2. The quantitative estimate of drug-likeness (QED) is 0.906. The van der Waals surface area contributed by atoms with Gasteiger partial charge in [0, 0.05) is 6.54 Å². The van der Waals surface area contributed by atoms with Crippen molar-refractivity contribution in [3.63, 3.8) is 0 Å². The fraction of sp³-hybridized carbons (Fsp3) is 0.600. The lowest BCUT2D eigenvalue weighted by Crippen LogP contribution is -2.35. The minimum absolute atomic E-state index is 0.0592. The van der Waals surface area contributed by atoms with E-state index in [-0.39, 0.29) is 11.7 Å². The Morgan fingerprint density at radius 2 is 2.29 bits per heavy atom. The summed E-state index contributed by atoms with van der Waals surface area (Å²) in [6.07, 6.45) is 4.14. The molecule has 0 spiro atoms. The Hall–Kier alpha value is -1.24. The van der Waals surface area contributed by atoms with Crippen LogP contribution < -0.4 is 5.56 Å². The maximum atomic E-state index is 11.9. The molecule has 2 unspecified atom stereocenters. The number of hydrogen-bond donors (Lipinski definition) is 2. The highest BCUT2D eigenvalue weighted by Gasteiger charge is 2.24. The number of aliphatic hydroxyl groups excluding tert-OH is 1. The topological polar surface area (TPSA) is 69.2 Å². The third-order valence-electron chi connectivity index (χ3n) is 4.20. The molecule has 6 heteroatoms. The number of aliphatic hydroxyl groups is 1. The van der Waals surface area contributed by atoms with Crippen LogP contribution in [-0.2, 0) is 6.54 Å². The molecule has 1 fully saturated rings. The lowest BCUT2D eigenvalue weighted by atomic mass is 9.86. The summed E-state index contributed by atoms with van der Waals surface area (Å²) in [6.45, 7) is 1.44. The molecular weight excluding hydrogens is 286 g/mol. The lowest BCUT2D eigenvalue weighted by Gasteiger charge is -2.31. The highest BCUT2D eigenvalue weighted by Crippen LogP contribution is 2.25. The summed E-state index contributed by atoms with van der Waals surface area (Å²) in [5.74, 6) is 1.03. The standard InChI is InChI=1S/C15H21N3O2S/c1-18(8-10-4-2-3-5-12(10)19)9-13-16-11-6-7-21-14(11)15(20)17-13/h6-7,10,12,19H,2-5,8-9H2,1H3,(H,16,17,20). The van der Waals surface area contributed by atoms with Crippen molar-refractivity contribution in [2.75, 3.05) is 13.6 Å². The van der Waals surface area contributed by atoms with E-state index in [2.05, 4.69) is 14.9 Å². The van der Waals surface area contributed by atoms with Gasteiger partial charge in [-0.3, -0.25) is 9.69 Å². The van der Waals surface area contributed by atoms with Crippen molar-refractivity contribution < 1.29 is 5.11 Å². The summed E-state index contributed by atoms with van der Waals surface area (Å²) >= 11 is 1.42. The number of H-pyrrole nitrogens is 1. The average Bonchev–Trinajstić information content (AvgIpc) is 2.90. The van der Waals surface area contributed by atoms with Gasteiger partial charge in [-0.15, -0.1) is 11.3 Å². The Bertz CT molecular complexity index is 666. The third kappa shape index (κ3) is 3.33. The summed E-state index contributed by atoms with van der Waals surface area (Å²) in [5, 5.41) is 11.9. The number of nitrogens with zero attached hydrogens (tertiary/aromatic N) is 2. The predicted octanol–water partition coefficient (Wildman–Crippen LogP) is 1.97. The Morgan fingerprint density at radius 3 is 3.10 bits per heavy atom. The highest BCUT2D eigenvalue weighted by molar-refractivity contribution is 7.17. The van der Waals surface area contributed by atoms with E-state index in [0.29, 0.717) is 23.0 Å². The molecule has 5 nitrogen and oxygen atoms in total. The van der Waals surface area contributed by atoms with Crippen LogP contribution in [0, 0.1) is 5.92 Å². The number of fused-ring (bicyclic) bond motifs is 1. The molecule has 3 rings (SSSR count). The van der Waals surface area contributed by atoms with E-state index < -0.39 is 0 Å². The summed E-state index contributed by atoms with van der Waals surface area (Å²) in [5.41, 5.74) is 0.709. The Morgan fingerprint density at radius 1 is 1.48 bits per heavy atom. The maximum absolute atomic E-state index is 11.9. The average molecular weight is 307 g/mol. The fourth-order valence-electron chi connectivity index (χ4n) is 3.12. The van der Waals surface area contributed by atoms with Gasteiger partial charge in [-0.25, -0.2) is 4.98 Å². The second-order valence-corrected chi connectivity index (χ2v) is 6.87. The summed E-state index contributed by atoms with van der Waals surface area (Å²) < 4.78 is 0.684. The molecule has 0 saturated heterocycles. The first-order chi connectivity index (χ1) is 10.1. The van der Waals surface area contributed by atoms with Crippen LogP contribution in [0.1, 0.15) is 31.5 Å². The zero-order valence-corrected chi connectivity index (χ0v) is 13.0. The van der Waals surface area contributed by atoms with E-state index in [0.717, 1.165) is 31.3 Å². The van der Waals surface area contributed by atoms with Gasteiger partial charge in [-0.1, -0.05) is 12.8 Å². The molecule has 2 aromatic heterocycles. The van der Waals surface area contributed by atoms with Gasteiger partial charge in [0.25, 0.3) is 5.56 Å². The first-order valence-corrected chi connectivity index (χ1v) is 8.34. The van der Waals surface area contributed by atoms with Crippen LogP contribution in [-0.4, -0.2) is 39.7 Å². The molecular formula is C15H21N3O2S. The van der Waals surface area contributed by atoms with Gasteiger partial charge in [0.05, 0.1) is 18.2 Å². The van der Waals surface area contributed by atoms with E-state index in [1.54, 1.807) is 0 Å². The summed E-state index contributed by atoms with van der Waals surface area (Å²) in [7, 11) is 2.01. The van der Waals surface area contributed by atoms with Gasteiger partial charge in [-0.05, 0) is 37.3 Å². The monoisotopic (exact) mass is 307 g/mol. The molecule has 2 N–H and O–H groups in total. The smallest absolute Gasteiger partial charge is 0.268 e. The fourth-order valence-corrected chi connectivity index (χ4v) is 3.84. The van der Waals surface area contributed by atoms with E-state index >= 15 is 0 Å². The van der Waals surface area contributed by atoms with Crippen LogP contribution in [0.3, 0.4) is 0 Å². The van der Waals surface area contributed by atoms with Gasteiger partial charge in [-0.2, -0.15) is 0 Å². The van der Waals surface area contributed by atoms with Crippen molar-refractivity contribution >= 4 is 21.6 Å². The second-order valence-electron chi connectivity index (χ2n) is 5.96. The Kier molecular flexibility index (Phi) is 4.37. The first-order valence-electron chi connectivity index (χ1n) is 7.46. The minimum atomic E-state index is -0.187. The number of aromatic amines is 1. The summed E-state index contributed by atoms with van der Waals surface area (Å²) in [4.78, 5) is 21.4. The predicted molar refractivity (Wildman–Crippen MR) is 84.5 cm³/mol. The van der Waals surface area contributed by atoms with E-state index in [1.807, 2.05) is 18.5 Å². The zero-order chi connectivity index (χ0) is 14.8. The molecule has 0 aromatic carbocycles. The maximum Gasteiger partial charge on any atom is 0.268 e. The van der Waals surface area contributed by atoms with Gasteiger partial charge in [0.1, 0.15) is 10.5 Å². The van der Waals surface area contributed by atoms with E-state index in [1.165, 1.54) is 17.8 Å². The van der Waals surface area contributed by atoms with Gasteiger partial charge < -0.3 is 10.1 Å². The van der Waals surface area contributed by atoms with Crippen LogP contribution in [0.2, 0.25) is 0 Å². The third-order valence-corrected chi connectivity index (χ3v) is 5.10. The molecule has 0 bridgehead atoms. The largest absolute Gasteiger partial charge is 0.393 e. The van der Waals surface area contributed by atoms with Crippen LogP contribution in [0.15, 0.2) is 16.2 Å². The van der Waals surface area contributed by atoms with Crippen molar-refractivity contribution in [2.24, 2.45) is 5.92 Å². The highest BCUT2D eigenvalue weighted by atomic mass is 32.1. The molecule has 2 atom stereocenters. The van der Waals surface area contributed by atoms with Crippen molar-refractivity contribution in [2.45, 2.75) is 38.3 Å². The Balaban J connectivity index is 1.68. The van der Waals surface area contributed by atoms with Crippen LogP contribution in [0.4, 0.5) is 0 Å². The minimum Gasteiger partial charge on any atom is -0.393 e. The molecule has 21 heavy (non-hydrogen) atoms. The molecule has 114 valence electrons. The number of aromatic nitrogens is 2. The van der Waals surface area contributed by atoms with Gasteiger partial charge in [0.2, 0.25) is 0 Å². The van der Waals surface area contributed by atoms with Crippen molar-refractivity contribution in [1.82, 2.24) is 14.9 Å². The molecule has 1 aliphatic rings. The van der Waals surface area contributed by atoms with Crippen LogP contribution >= 0.6 is 11.3 Å². The number of thiophene rings is 1. The van der Waals surface area contributed by atoms with Gasteiger partial charge >= 0.3 is 0 Å².